The number of H-pyrrole nitrogens is 1. The number of aryl methyl sites for hydroxylation is 2. The zero-order valence-electron chi connectivity index (χ0n) is 17.6. The number of fused-ring (bicyclic) bond motifs is 3. The van der Waals surface area contributed by atoms with Gasteiger partial charge in [-0.25, -0.2) is 4.98 Å². The highest BCUT2D eigenvalue weighted by Gasteiger charge is 2.20. The molecule has 1 unspecified atom stereocenters. The lowest BCUT2D eigenvalue weighted by atomic mass is 9.97. The highest BCUT2D eigenvalue weighted by molar-refractivity contribution is 7.18. The fourth-order valence-electron chi connectivity index (χ4n) is 4.20. The standard InChI is InChI=1S/C25H24N2O3S/c1-15(16-8-4-3-5-9-16)30-19-13-12-17(14-20(19)29-2)23-26-24(28)22-18-10-6-7-11-21(18)31-25(22)27-23/h3-5,8-9,12-15H,6-7,10-11H2,1-2H3,(H,26,27,28). The molecule has 1 aliphatic rings. The van der Waals surface area contributed by atoms with E-state index < -0.39 is 0 Å². The van der Waals surface area contributed by atoms with Crippen LogP contribution in [0.15, 0.2) is 53.3 Å². The molecule has 0 fully saturated rings. The Labute approximate surface area is 184 Å². The highest BCUT2D eigenvalue weighted by atomic mass is 32.1. The molecular weight excluding hydrogens is 408 g/mol. The molecule has 0 spiro atoms. The average Bonchev–Trinajstić information content (AvgIpc) is 3.19. The van der Waals surface area contributed by atoms with Gasteiger partial charge in [-0.15, -0.1) is 11.3 Å². The number of nitrogens with one attached hydrogen (secondary N) is 1. The zero-order valence-corrected chi connectivity index (χ0v) is 18.4. The quantitative estimate of drug-likeness (QED) is 0.441. The summed E-state index contributed by atoms with van der Waals surface area (Å²) < 4.78 is 11.7. The lowest BCUT2D eigenvalue weighted by Crippen LogP contribution is -2.11. The van der Waals surface area contributed by atoms with Crippen molar-refractivity contribution >= 4 is 21.6 Å². The molecule has 0 bridgehead atoms. The van der Waals surface area contributed by atoms with E-state index in [9.17, 15) is 4.79 Å². The normalized spacial score (nSPS) is 14.3. The fourth-order valence-corrected chi connectivity index (χ4v) is 5.46. The zero-order chi connectivity index (χ0) is 21.4. The monoisotopic (exact) mass is 432 g/mol. The highest BCUT2D eigenvalue weighted by Crippen LogP contribution is 2.36. The van der Waals surface area contributed by atoms with Crippen LogP contribution in [0, 0.1) is 0 Å². The molecule has 0 amide bonds. The van der Waals surface area contributed by atoms with E-state index in [0.717, 1.165) is 40.6 Å². The Kier molecular flexibility index (Phi) is 5.24. The number of benzene rings is 2. The van der Waals surface area contributed by atoms with Crippen LogP contribution in [0.1, 0.15) is 41.9 Å². The number of ether oxygens (including phenoxy) is 2. The van der Waals surface area contributed by atoms with E-state index >= 15 is 0 Å². The van der Waals surface area contributed by atoms with Crippen LogP contribution in [-0.2, 0) is 12.8 Å². The minimum absolute atomic E-state index is 0.0589. The van der Waals surface area contributed by atoms with Gasteiger partial charge in [-0.2, -0.15) is 0 Å². The largest absolute Gasteiger partial charge is 0.493 e. The summed E-state index contributed by atoms with van der Waals surface area (Å²) in [6, 6.07) is 15.7. The molecule has 1 N–H and O–H groups in total. The predicted octanol–water partition coefficient (Wildman–Crippen LogP) is 5.68. The average molecular weight is 433 g/mol. The topological polar surface area (TPSA) is 64.2 Å². The van der Waals surface area contributed by atoms with Gasteiger partial charge in [-0.05, 0) is 61.9 Å². The minimum atomic E-state index is -0.118. The van der Waals surface area contributed by atoms with Gasteiger partial charge >= 0.3 is 0 Å². The number of aromatic nitrogens is 2. The Morgan fingerprint density at radius 1 is 1.06 bits per heavy atom. The Bertz CT molecular complexity index is 1290. The van der Waals surface area contributed by atoms with Crippen molar-refractivity contribution in [1.29, 1.82) is 0 Å². The third-order valence-electron chi connectivity index (χ3n) is 5.83. The summed E-state index contributed by atoms with van der Waals surface area (Å²) in [5.74, 6) is 1.81. The number of hydrogen-bond donors (Lipinski definition) is 1. The van der Waals surface area contributed by atoms with Crippen LogP contribution in [0.5, 0.6) is 11.5 Å². The van der Waals surface area contributed by atoms with Gasteiger partial charge in [0, 0.05) is 10.4 Å². The molecule has 6 heteroatoms. The van der Waals surface area contributed by atoms with E-state index in [1.165, 1.54) is 16.9 Å². The molecule has 5 rings (SSSR count). The van der Waals surface area contributed by atoms with Crippen molar-refractivity contribution < 1.29 is 9.47 Å². The summed E-state index contributed by atoms with van der Waals surface area (Å²) in [5.41, 5.74) is 3.02. The second-order valence-electron chi connectivity index (χ2n) is 7.84. The number of thiophene rings is 1. The lowest BCUT2D eigenvalue weighted by Gasteiger charge is -2.18. The Balaban J connectivity index is 1.49. The number of hydrogen-bond acceptors (Lipinski definition) is 5. The first kappa shape index (κ1) is 19.8. The van der Waals surface area contributed by atoms with E-state index in [1.807, 2.05) is 55.5 Å². The predicted molar refractivity (Wildman–Crippen MR) is 124 cm³/mol. The number of methoxy groups -OCH3 is 1. The summed E-state index contributed by atoms with van der Waals surface area (Å²) >= 11 is 1.65. The summed E-state index contributed by atoms with van der Waals surface area (Å²) in [7, 11) is 1.62. The van der Waals surface area contributed by atoms with Crippen LogP contribution in [0.4, 0.5) is 0 Å². The summed E-state index contributed by atoms with van der Waals surface area (Å²) in [6.45, 7) is 2.01. The fraction of sp³-hybridized carbons (Fsp3) is 0.280. The number of rotatable bonds is 5. The van der Waals surface area contributed by atoms with Gasteiger partial charge in [0.15, 0.2) is 11.5 Å². The Morgan fingerprint density at radius 3 is 2.68 bits per heavy atom. The molecule has 0 saturated heterocycles. The maximum atomic E-state index is 12.9. The smallest absolute Gasteiger partial charge is 0.260 e. The molecule has 31 heavy (non-hydrogen) atoms. The van der Waals surface area contributed by atoms with Crippen molar-refractivity contribution in [1.82, 2.24) is 9.97 Å². The van der Waals surface area contributed by atoms with Crippen LogP contribution in [0.2, 0.25) is 0 Å². The van der Waals surface area contributed by atoms with Crippen molar-refractivity contribution in [2.75, 3.05) is 7.11 Å². The summed E-state index contributed by atoms with van der Waals surface area (Å²) in [5, 5.41) is 0.770. The first-order valence-corrected chi connectivity index (χ1v) is 11.4. The second kappa shape index (κ2) is 8.19. The van der Waals surface area contributed by atoms with Crippen LogP contribution >= 0.6 is 11.3 Å². The van der Waals surface area contributed by atoms with Crippen LogP contribution in [0.3, 0.4) is 0 Å². The van der Waals surface area contributed by atoms with E-state index in [0.29, 0.717) is 17.3 Å². The van der Waals surface area contributed by atoms with E-state index in [2.05, 4.69) is 4.98 Å². The maximum Gasteiger partial charge on any atom is 0.260 e. The van der Waals surface area contributed by atoms with Gasteiger partial charge in [0.05, 0.1) is 12.5 Å². The lowest BCUT2D eigenvalue weighted by molar-refractivity contribution is 0.216. The number of aromatic amines is 1. The third kappa shape index (κ3) is 3.72. The molecule has 4 aromatic rings. The SMILES string of the molecule is COc1cc(-c2nc3sc4c(c3c(=O)[nH]2)CCCC4)ccc1OC(C)c1ccccc1. The van der Waals surface area contributed by atoms with E-state index in [4.69, 9.17) is 14.5 Å². The van der Waals surface area contributed by atoms with Crippen molar-refractivity contribution in [3.8, 4) is 22.9 Å². The molecule has 2 aromatic heterocycles. The van der Waals surface area contributed by atoms with Crippen molar-refractivity contribution in [2.24, 2.45) is 0 Å². The molecular formula is C25H24N2O3S. The van der Waals surface area contributed by atoms with Gasteiger partial charge in [-0.3, -0.25) is 4.79 Å². The van der Waals surface area contributed by atoms with E-state index in [1.54, 1.807) is 18.4 Å². The molecule has 1 atom stereocenters. The second-order valence-corrected chi connectivity index (χ2v) is 8.93. The summed E-state index contributed by atoms with van der Waals surface area (Å²) in [6.07, 6.45) is 4.22. The molecule has 0 saturated carbocycles. The van der Waals surface area contributed by atoms with Gasteiger partial charge in [-0.1, -0.05) is 30.3 Å². The van der Waals surface area contributed by atoms with Crippen molar-refractivity contribution in [3.63, 3.8) is 0 Å². The van der Waals surface area contributed by atoms with E-state index in [-0.39, 0.29) is 11.7 Å². The molecule has 1 aliphatic carbocycles. The van der Waals surface area contributed by atoms with Gasteiger partial charge in [0.1, 0.15) is 16.8 Å². The van der Waals surface area contributed by atoms with Crippen LogP contribution in [0.25, 0.3) is 21.6 Å². The number of nitrogens with zero attached hydrogens (tertiary/aromatic N) is 1. The van der Waals surface area contributed by atoms with Gasteiger partial charge < -0.3 is 14.5 Å². The minimum Gasteiger partial charge on any atom is -0.493 e. The van der Waals surface area contributed by atoms with Crippen molar-refractivity contribution in [3.05, 3.63) is 74.9 Å². The van der Waals surface area contributed by atoms with Crippen molar-refractivity contribution in [2.45, 2.75) is 38.7 Å². The maximum absolute atomic E-state index is 12.9. The van der Waals surface area contributed by atoms with Gasteiger partial charge in [0.25, 0.3) is 5.56 Å². The summed E-state index contributed by atoms with van der Waals surface area (Å²) in [4.78, 5) is 22.8. The Morgan fingerprint density at radius 2 is 1.87 bits per heavy atom. The van der Waals surface area contributed by atoms with Crippen LogP contribution < -0.4 is 15.0 Å². The third-order valence-corrected chi connectivity index (χ3v) is 7.02. The van der Waals surface area contributed by atoms with Gasteiger partial charge in [0.2, 0.25) is 0 Å². The first-order chi connectivity index (χ1) is 15.1. The first-order valence-electron chi connectivity index (χ1n) is 10.6. The molecule has 0 radical (unpaired) electrons. The molecule has 2 heterocycles. The molecule has 158 valence electrons. The Hall–Kier alpha value is -3.12. The van der Waals surface area contributed by atoms with Crippen LogP contribution in [-0.4, -0.2) is 17.1 Å². The molecule has 2 aromatic carbocycles. The molecule has 0 aliphatic heterocycles. The molecule has 5 nitrogen and oxygen atoms in total.